The molecule has 0 aliphatic rings. The first-order valence-corrected chi connectivity index (χ1v) is 8.23. The Morgan fingerprint density at radius 3 is 2.23 bits per heavy atom. The number of unbranched alkanes of at least 4 members (excludes halogenated alkanes) is 2. The first-order chi connectivity index (χ1) is 10.5. The Hall–Kier alpha value is -1.55. The number of rotatable bonds is 7. The number of aryl methyl sites for hydroxylation is 1. The molecule has 0 aliphatic heterocycles. The topological polar surface area (TPSA) is 49.4 Å². The minimum absolute atomic E-state index is 0.462. The van der Waals surface area contributed by atoms with Crippen molar-refractivity contribution in [2.24, 2.45) is 0 Å². The van der Waals surface area contributed by atoms with Crippen molar-refractivity contribution in [2.75, 3.05) is 18.4 Å². The van der Waals surface area contributed by atoms with Crippen molar-refractivity contribution >= 4 is 29.1 Å². The van der Waals surface area contributed by atoms with Crippen LogP contribution in [0.25, 0.3) is 0 Å². The Kier molecular flexibility index (Phi) is 7.96. The van der Waals surface area contributed by atoms with Gasteiger partial charge in [-0.3, -0.25) is 9.59 Å². The smallest absolute Gasteiger partial charge is 0.313 e. The van der Waals surface area contributed by atoms with E-state index < -0.39 is 11.8 Å². The van der Waals surface area contributed by atoms with E-state index in [1.54, 1.807) is 23.1 Å². The van der Waals surface area contributed by atoms with Gasteiger partial charge in [0.05, 0.1) is 0 Å². The molecule has 1 aromatic rings. The van der Waals surface area contributed by atoms with Crippen LogP contribution in [0.5, 0.6) is 0 Å². The molecule has 0 saturated carbocycles. The summed E-state index contributed by atoms with van der Waals surface area (Å²) in [4.78, 5) is 26.2. The first-order valence-electron chi connectivity index (χ1n) is 7.86. The highest BCUT2D eigenvalue weighted by atomic mass is 35.5. The van der Waals surface area contributed by atoms with Crippen LogP contribution in [-0.2, 0) is 9.59 Å². The van der Waals surface area contributed by atoms with Gasteiger partial charge >= 0.3 is 11.8 Å². The molecule has 0 radical (unpaired) electrons. The standard InChI is InChI=1S/C17H25ClN2O2/c1-4-6-10-20(11-7-5-2)17(22)16(21)19-15-9-8-14(18)12-13(15)3/h8-9,12H,4-7,10-11H2,1-3H3,(H,19,21). The summed E-state index contributed by atoms with van der Waals surface area (Å²) in [5.41, 5.74) is 1.45. The molecular weight excluding hydrogens is 300 g/mol. The summed E-state index contributed by atoms with van der Waals surface area (Å²) in [7, 11) is 0. The maximum atomic E-state index is 12.3. The number of hydrogen-bond donors (Lipinski definition) is 1. The average Bonchev–Trinajstić information content (AvgIpc) is 2.49. The molecule has 0 aromatic heterocycles. The van der Waals surface area contributed by atoms with Crippen LogP contribution in [0, 0.1) is 6.92 Å². The molecule has 4 nitrogen and oxygen atoms in total. The van der Waals surface area contributed by atoms with Crippen LogP contribution in [0.3, 0.4) is 0 Å². The third-order valence-electron chi connectivity index (χ3n) is 3.48. The lowest BCUT2D eigenvalue weighted by Gasteiger charge is -2.22. The molecule has 1 aromatic carbocycles. The van der Waals surface area contributed by atoms with Crippen molar-refractivity contribution < 1.29 is 9.59 Å². The summed E-state index contributed by atoms with van der Waals surface area (Å²) in [5, 5.41) is 3.29. The lowest BCUT2D eigenvalue weighted by molar-refractivity contribution is -0.143. The molecule has 0 fully saturated rings. The van der Waals surface area contributed by atoms with E-state index in [0.717, 1.165) is 31.2 Å². The molecule has 0 atom stereocenters. The number of carbonyl (C=O) groups is 2. The molecule has 22 heavy (non-hydrogen) atoms. The third-order valence-corrected chi connectivity index (χ3v) is 3.72. The monoisotopic (exact) mass is 324 g/mol. The zero-order valence-electron chi connectivity index (χ0n) is 13.6. The second-order valence-electron chi connectivity index (χ2n) is 5.41. The van der Waals surface area contributed by atoms with Gasteiger partial charge in [-0.05, 0) is 43.5 Å². The number of hydrogen-bond acceptors (Lipinski definition) is 2. The van der Waals surface area contributed by atoms with Gasteiger partial charge in [-0.1, -0.05) is 38.3 Å². The SMILES string of the molecule is CCCCN(CCCC)C(=O)C(=O)Nc1ccc(Cl)cc1C. The fraction of sp³-hybridized carbons (Fsp3) is 0.529. The van der Waals surface area contributed by atoms with E-state index in [4.69, 9.17) is 11.6 Å². The van der Waals surface area contributed by atoms with Gasteiger partial charge in [0.25, 0.3) is 0 Å². The molecule has 0 aliphatic carbocycles. The minimum Gasteiger partial charge on any atom is -0.334 e. The van der Waals surface area contributed by atoms with E-state index >= 15 is 0 Å². The van der Waals surface area contributed by atoms with Gasteiger partial charge in [0.15, 0.2) is 0 Å². The van der Waals surface area contributed by atoms with E-state index in [-0.39, 0.29) is 0 Å². The van der Waals surface area contributed by atoms with Gasteiger partial charge in [-0.2, -0.15) is 0 Å². The largest absolute Gasteiger partial charge is 0.334 e. The van der Waals surface area contributed by atoms with Crippen LogP contribution >= 0.6 is 11.6 Å². The lowest BCUT2D eigenvalue weighted by atomic mass is 10.2. The summed E-state index contributed by atoms with van der Waals surface area (Å²) in [5.74, 6) is -1.05. The Morgan fingerprint density at radius 2 is 1.73 bits per heavy atom. The molecule has 1 rings (SSSR count). The zero-order valence-corrected chi connectivity index (χ0v) is 14.4. The quantitative estimate of drug-likeness (QED) is 0.770. The van der Waals surface area contributed by atoms with Crippen molar-refractivity contribution in [3.63, 3.8) is 0 Å². The van der Waals surface area contributed by atoms with Crippen molar-refractivity contribution in [1.29, 1.82) is 0 Å². The summed E-state index contributed by atoms with van der Waals surface area (Å²) >= 11 is 5.89. The summed E-state index contributed by atoms with van der Waals surface area (Å²) in [6.45, 7) is 7.24. The Morgan fingerprint density at radius 1 is 1.14 bits per heavy atom. The highest BCUT2D eigenvalue weighted by Crippen LogP contribution is 2.19. The van der Waals surface area contributed by atoms with Crippen LogP contribution in [0.15, 0.2) is 18.2 Å². The third kappa shape index (κ3) is 5.68. The molecule has 0 unspecified atom stereocenters. The summed E-state index contributed by atoms with van der Waals surface area (Å²) < 4.78 is 0. The van der Waals surface area contributed by atoms with Crippen LogP contribution in [-0.4, -0.2) is 29.8 Å². The summed E-state index contributed by atoms with van der Waals surface area (Å²) in [6, 6.07) is 5.17. The van der Waals surface area contributed by atoms with Crippen LogP contribution in [0.1, 0.15) is 45.1 Å². The van der Waals surface area contributed by atoms with E-state index in [0.29, 0.717) is 23.8 Å². The Balaban J connectivity index is 2.73. The van der Waals surface area contributed by atoms with Crippen molar-refractivity contribution in [1.82, 2.24) is 4.90 Å². The van der Waals surface area contributed by atoms with E-state index in [1.807, 2.05) is 6.92 Å². The molecule has 0 spiro atoms. The molecule has 0 bridgehead atoms. The van der Waals surface area contributed by atoms with Crippen molar-refractivity contribution in [3.8, 4) is 0 Å². The predicted molar refractivity (Wildman–Crippen MR) is 91.2 cm³/mol. The Bertz CT molecular complexity index is 509. The van der Waals surface area contributed by atoms with Gasteiger partial charge in [-0.25, -0.2) is 0 Å². The molecule has 2 amide bonds. The number of nitrogens with zero attached hydrogens (tertiary/aromatic N) is 1. The fourth-order valence-electron chi connectivity index (χ4n) is 2.10. The van der Waals surface area contributed by atoms with Gasteiger partial charge in [0, 0.05) is 23.8 Å². The van der Waals surface area contributed by atoms with Crippen LogP contribution in [0.4, 0.5) is 5.69 Å². The Labute approximate surface area is 137 Å². The van der Waals surface area contributed by atoms with E-state index in [2.05, 4.69) is 19.2 Å². The van der Waals surface area contributed by atoms with Gasteiger partial charge in [-0.15, -0.1) is 0 Å². The predicted octanol–water partition coefficient (Wildman–Crippen LogP) is 4.02. The number of carbonyl (C=O) groups excluding carboxylic acids is 2. The van der Waals surface area contributed by atoms with Gasteiger partial charge < -0.3 is 10.2 Å². The van der Waals surface area contributed by atoms with E-state index in [9.17, 15) is 9.59 Å². The summed E-state index contributed by atoms with van der Waals surface area (Å²) in [6.07, 6.45) is 3.80. The molecule has 122 valence electrons. The number of nitrogens with one attached hydrogen (secondary N) is 1. The fourth-order valence-corrected chi connectivity index (χ4v) is 2.33. The number of anilines is 1. The normalized spacial score (nSPS) is 10.4. The maximum Gasteiger partial charge on any atom is 0.313 e. The first kappa shape index (κ1) is 18.5. The molecule has 0 heterocycles. The van der Waals surface area contributed by atoms with E-state index in [1.165, 1.54) is 0 Å². The average molecular weight is 325 g/mol. The zero-order chi connectivity index (χ0) is 16.5. The van der Waals surface area contributed by atoms with Crippen LogP contribution < -0.4 is 5.32 Å². The highest BCUT2D eigenvalue weighted by molar-refractivity contribution is 6.39. The molecule has 1 N–H and O–H groups in total. The lowest BCUT2D eigenvalue weighted by Crippen LogP contribution is -2.41. The van der Waals surface area contributed by atoms with Gasteiger partial charge in [0.1, 0.15) is 0 Å². The van der Waals surface area contributed by atoms with Crippen molar-refractivity contribution in [3.05, 3.63) is 28.8 Å². The number of amides is 2. The number of benzene rings is 1. The van der Waals surface area contributed by atoms with Crippen molar-refractivity contribution in [2.45, 2.75) is 46.5 Å². The van der Waals surface area contributed by atoms with Gasteiger partial charge in [0.2, 0.25) is 0 Å². The second kappa shape index (κ2) is 9.46. The minimum atomic E-state index is -0.586. The second-order valence-corrected chi connectivity index (χ2v) is 5.85. The molecule has 0 saturated heterocycles. The highest BCUT2D eigenvalue weighted by Gasteiger charge is 2.21. The number of halogens is 1. The molecule has 5 heteroatoms. The van der Waals surface area contributed by atoms with Crippen LogP contribution in [0.2, 0.25) is 5.02 Å². The maximum absolute atomic E-state index is 12.3. The molecular formula is C17H25ClN2O2.